The van der Waals surface area contributed by atoms with Gasteiger partial charge in [0.1, 0.15) is 0 Å². The fraction of sp³-hybridized carbons (Fsp3) is 0.385. The number of carbonyl (C=O) groups is 2. The van der Waals surface area contributed by atoms with Crippen molar-refractivity contribution >= 4 is 17.7 Å². The molecule has 6 heteroatoms. The third-order valence-corrected chi connectivity index (χ3v) is 2.69. The average molecular weight is 265 g/mol. The van der Waals surface area contributed by atoms with Crippen LogP contribution in [0.25, 0.3) is 0 Å². The van der Waals surface area contributed by atoms with E-state index in [2.05, 4.69) is 10.6 Å². The summed E-state index contributed by atoms with van der Waals surface area (Å²) in [5, 5.41) is 13.5. The highest BCUT2D eigenvalue weighted by Crippen LogP contribution is 2.09. The standard InChI is InChI=1S/C13H19N3O3/c1-8(2)11(14)12(17)15-7-9-3-5-10(6-4-9)16-13(18)19/h3-6,8,11,16H,7,14H2,1-2H3,(H,15,17)(H,18,19)/t11-/m0/s1. The fourth-order valence-corrected chi connectivity index (χ4v) is 1.44. The quantitative estimate of drug-likeness (QED) is 0.645. The largest absolute Gasteiger partial charge is 0.465 e. The van der Waals surface area contributed by atoms with E-state index in [-0.39, 0.29) is 11.8 Å². The van der Waals surface area contributed by atoms with Gasteiger partial charge in [0.2, 0.25) is 5.91 Å². The van der Waals surface area contributed by atoms with E-state index >= 15 is 0 Å². The molecular weight excluding hydrogens is 246 g/mol. The summed E-state index contributed by atoms with van der Waals surface area (Å²) in [5.41, 5.74) is 7.08. The highest BCUT2D eigenvalue weighted by Gasteiger charge is 2.16. The van der Waals surface area contributed by atoms with E-state index in [9.17, 15) is 9.59 Å². The van der Waals surface area contributed by atoms with E-state index in [1.165, 1.54) is 0 Å². The zero-order chi connectivity index (χ0) is 14.4. The average Bonchev–Trinajstić information content (AvgIpc) is 2.35. The zero-order valence-corrected chi connectivity index (χ0v) is 11.0. The molecule has 19 heavy (non-hydrogen) atoms. The van der Waals surface area contributed by atoms with Crippen molar-refractivity contribution in [3.8, 4) is 0 Å². The Morgan fingerprint density at radius 3 is 2.32 bits per heavy atom. The number of benzene rings is 1. The number of hydrogen-bond acceptors (Lipinski definition) is 3. The van der Waals surface area contributed by atoms with Gasteiger partial charge in [-0.1, -0.05) is 26.0 Å². The number of nitrogens with two attached hydrogens (primary N) is 1. The van der Waals surface area contributed by atoms with Gasteiger partial charge in [0.05, 0.1) is 6.04 Å². The zero-order valence-electron chi connectivity index (χ0n) is 11.0. The molecular formula is C13H19N3O3. The summed E-state index contributed by atoms with van der Waals surface area (Å²) in [7, 11) is 0. The van der Waals surface area contributed by atoms with Gasteiger partial charge in [-0.15, -0.1) is 0 Å². The molecule has 0 aliphatic heterocycles. The van der Waals surface area contributed by atoms with Crippen LogP contribution in [0.5, 0.6) is 0 Å². The van der Waals surface area contributed by atoms with Gasteiger partial charge in [0, 0.05) is 12.2 Å². The van der Waals surface area contributed by atoms with Crippen molar-refractivity contribution in [3.63, 3.8) is 0 Å². The fourth-order valence-electron chi connectivity index (χ4n) is 1.44. The number of carboxylic acid groups (broad SMARTS) is 1. The van der Waals surface area contributed by atoms with Gasteiger partial charge < -0.3 is 16.2 Å². The van der Waals surface area contributed by atoms with Crippen LogP contribution in [0.3, 0.4) is 0 Å². The third kappa shape index (κ3) is 4.97. The van der Waals surface area contributed by atoms with E-state index in [1.807, 2.05) is 13.8 Å². The van der Waals surface area contributed by atoms with Crippen LogP contribution in [0.15, 0.2) is 24.3 Å². The van der Waals surface area contributed by atoms with Gasteiger partial charge in [0.15, 0.2) is 0 Å². The summed E-state index contributed by atoms with van der Waals surface area (Å²) in [5.74, 6) is -0.107. The van der Waals surface area contributed by atoms with Gasteiger partial charge in [-0.25, -0.2) is 4.79 Å². The molecule has 1 atom stereocenters. The normalized spacial score (nSPS) is 12.0. The number of nitrogens with one attached hydrogen (secondary N) is 2. The lowest BCUT2D eigenvalue weighted by atomic mass is 10.0. The molecule has 0 fully saturated rings. The highest BCUT2D eigenvalue weighted by molar-refractivity contribution is 5.83. The van der Waals surface area contributed by atoms with Gasteiger partial charge in [-0.05, 0) is 23.6 Å². The van der Waals surface area contributed by atoms with Crippen molar-refractivity contribution in [1.29, 1.82) is 0 Å². The lowest BCUT2D eigenvalue weighted by molar-refractivity contribution is -0.123. The maximum Gasteiger partial charge on any atom is 0.409 e. The number of anilines is 1. The smallest absolute Gasteiger partial charge is 0.409 e. The first-order valence-electron chi connectivity index (χ1n) is 6.02. The van der Waals surface area contributed by atoms with Crippen molar-refractivity contribution < 1.29 is 14.7 Å². The van der Waals surface area contributed by atoms with Crippen LogP contribution in [-0.4, -0.2) is 23.1 Å². The Morgan fingerprint density at radius 1 is 1.26 bits per heavy atom. The maximum absolute atomic E-state index is 11.6. The third-order valence-electron chi connectivity index (χ3n) is 2.69. The first-order chi connectivity index (χ1) is 8.90. The molecule has 0 aliphatic rings. The van der Waals surface area contributed by atoms with E-state index in [0.29, 0.717) is 12.2 Å². The molecule has 0 unspecified atom stereocenters. The predicted octanol–water partition coefficient (Wildman–Crippen LogP) is 1.38. The van der Waals surface area contributed by atoms with Crippen LogP contribution in [0, 0.1) is 5.92 Å². The van der Waals surface area contributed by atoms with Gasteiger partial charge in [-0.3, -0.25) is 10.1 Å². The Kier molecular flexibility index (Phi) is 5.32. The van der Waals surface area contributed by atoms with Gasteiger partial charge in [-0.2, -0.15) is 0 Å². The molecule has 0 bridgehead atoms. The first-order valence-corrected chi connectivity index (χ1v) is 6.02. The molecule has 2 amide bonds. The summed E-state index contributed by atoms with van der Waals surface area (Å²) in [6, 6.07) is 6.24. The SMILES string of the molecule is CC(C)[C@H](N)C(=O)NCc1ccc(NC(=O)O)cc1. The summed E-state index contributed by atoms with van der Waals surface area (Å²) >= 11 is 0. The molecule has 1 aromatic rings. The number of rotatable bonds is 5. The van der Waals surface area contributed by atoms with E-state index in [0.717, 1.165) is 5.56 Å². The molecule has 0 heterocycles. The second-order valence-corrected chi connectivity index (χ2v) is 4.61. The van der Waals surface area contributed by atoms with Crippen LogP contribution in [-0.2, 0) is 11.3 Å². The Bertz CT molecular complexity index is 443. The van der Waals surface area contributed by atoms with Crippen molar-refractivity contribution in [2.45, 2.75) is 26.4 Å². The van der Waals surface area contributed by atoms with Crippen molar-refractivity contribution in [2.24, 2.45) is 11.7 Å². The van der Waals surface area contributed by atoms with Crippen LogP contribution >= 0.6 is 0 Å². The number of hydrogen-bond donors (Lipinski definition) is 4. The number of amides is 2. The molecule has 5 N–H and O–H groups in total. The van der Waals surface area contributed by atoms with Gasteiger partial charge >= 0.3 is 6.09 Å². The minimum absolute atomic E-state index is 0.0853. The van der Waals surface area contributed by atoms with Crippen LogP contribution in [0.4, 0.5) is 10.5 Å². The second kappa shape index (κ2) is 6.75. The van der Waals surface area contributed by atoms with Crippen LogP contribution < -0.4 is 16.4 Å². The Hall–Kier alpha value is -2.08. The van der Waals surface area contributed by atoms with Crippen molar-refractivity contribution in [2.75, 3.05) is 5.32 Å². The van der Waals surface area contributed by atoms with Crippen molar-refractivity contribution in [3.05, 3.63) is 29.8 Å². The minimum atomic E-state index is -1.11. The minimum Gasteiger partial charge on any atom is -0.465 e. The Balaban J connectivity index is 2.50. The summed E-state index contributed by atoms with van der Waals surface area (Å²) in [6.45, 7) is 4.14. The Morgan fingerprint density at radius 2 is 1.84 bits per heavy atom. The molecule has 0 radical (unpaired) electrons. The number of carbonyl (C=O) groups excluding carboxylic acids is 1. The predicted molar refractivity (Wildman–Crippen MR) is 72.7 cm³/mol. The molecule has 1 rings (SSSR count). The van der Waals surface area contributed by atoms with Crippen molar-refractivity contribution in [1.82, 2.24) is 5.32 Å². The molecule has 104 valence electrons. The molecule has 0 aliphatic carbocycles. The molecule has 0 saturated heterocycles. The monoisotopic (exact) mass is 265 g/mol. The molecule has 0 aromatic heterocycles. The van der Waals surface area contributed by atoms with Gasteiger partial charge in [0.25, 0.3) is 0 Å². The molecule has 1 aromatic carbocycles. The highest BCUT2D eigenvalue weighted by atomic mass is 16.4. The van der Waals surface area contributed by atoms with E-state index < -0.39 is 12.1 Å². The van der Waals surface area contributed by atoms with Crippen LogP contribution in [0.2, 0.25) is 0 Å². The molecule has 6 nitrogen and oxygen atoms in total. The lowest BCUT2D eigenvalue weighted by Gasteiger charge is -2.15. The molecule has 0 saturated carbocycles. The Labute approximate surface area is 112 Å². The van der Waals surface area contributed by atoms with E-state index in [4.69, 9.17) is 10.8 Å². The molecule has 0 spiro atoms. The maximum atomic E-state index is 11.6. The first kappa shape index (κ1) is 15.0. The van der Waals surface area contributed by atoms with E-state index in [1.54, 1.807) is 24.3 Å². The lowest BCUT2D eigenvalue weighted by Crippen LogP contribution is -2.43. The second-order valence-electron chi connectivity index (χ2n) is 4.61. The van der Waals surface area contributed by atoms with Crippen LogP contribution in [0.1, 0.15) is 19.4 Å². The summed E-state index contributed by atoms with van der Waals surface area (Å²) < 4.78 is 0. The topological polar surface area (TPSA) is 104 Å². The summed E-state index contributed by atoms with van der Waals surface area (Å²) in [4.78, 5) is 22.1. The summed E-state index contributed by atoms with van der Waals surface area (Å²) in [6.07, 6.45) is -1.11.